The number of benzene rings is 2. The molecule has 0 aliphatic heterocycles. The fourth-order valence-electron chi connectivity index (χ4n) is 2.63. The Balaban J connectivity index is 1.81. The van der Waals surface area contributed by atoms with Gasteiger partial charge in [-0.25, -0.2) is 4.98 Å². The third-order valence-corrected chi connectivity index (χ3v) is 3.92. The summed E-state index contributed by atoms with van der Waals surface area (Å²) in [6, 6.07) is 18.0. The van der Waals surface area contributed by atoms with Gasteiger partial charge in [-0.1, -0.05) is 31.2 Å². The molecule has 2 aromatic carbocycles. The van der Waals surface area contributed by atoms with Gasteiger partial charge in [0.2, 0.25) is 5.95 Å². The van der Waals surface area contributed by atoms with Crippen molar-refractivity contribution in [3.8, 4) is 5.75 Å². The maximum atomic E-state index is 5.67. The Morgan fingerprint density at radius 3 is 2.42 bits per heavy atom. The van der Waals surface area contributed by atoms with Gasteiger partial charge in [0.1, 0.15) is 11.6 Å². The molecular weight excluding hydrogens is 324 g/mol. The fraction of sp³-hybridized carbons (Fsp3) is 0.238. The molecular formula is C21H24N4O. The summed E-state index contributed by atoms with van der Waals surface area (Å²) in [4.78, 5) is 9.06. The van der Waals surface area contributed by atoms with Gasteiger partial charge in [-0.3, -0.25) is 0 Å². The summed E-state index contributed by atoms with van der Waals surface area (Å²) in [6.45, 7) is 6.68. The molecule has 0 unspecified atom stereocenters. The van der Waals surface area contributed by atoms with E-state index < -0.39 is 0 Å². The van der Waals surface area contributed by atoms with Crippen molar-refractivity contribution in [2.24, 2.45) is 0 Å². The Labute approximate surface area is 154 Å². The number of aromatic nitrogens is 2. The summed E-state index contributed by atoms with van der Waals surface area (Å²) in [7, 11) is 0. The van der Waals surface area contributed by atoms with Crippen LogP contribution >= 0.6 is 0 Å². The molecule has 0 fully saturated rings. The van der Waals surface area contributed by atoms with E-state index >= 15 is 0 Å². The van der Waals surface area contributed by atoms with Crippen LogP contribution in [0.5, 0.6) is 5.75 Å². The molecule has 0 atom stereocenters. The molecule has 2 N–H and O–H groups in total. The molecule has 26 heavy (non-hydrogen) atoms. The first-order valence-corrected chi connectivity index (χ1v) is 8.88. The van der Waals surface area contributed by atoms with Gasteiger partial charge in [-0.05, 0) is 50.1 Å². The molecule has 0 saturated carbocycles. The van der Waals surface area contributed by atoms with Crippen molar-refractivity contribution >= 4 is 23.1 Å². The fourth-order valence-corrected chi connectivity index (χ4v) is 2.63. The van der Waals surface area contributed by atoms with Crippen LogP contribution in [0, 0.1) is 6.92 Å². The van der Waals surface area contributed by atoms with Crippen LogP contribution in [-0.4, -0.2) is 16.6 Å². The first-order chi connectivity index (χ1) is 12.7. The second-order valence-corrected chi connectivity index (χ2v) is 5.95. The maximum absolute atomic E-state index is 5.67. The van der Waals surface area contributed by atoms with E-state index in [-0.39, 0.29) is 0 Å². The van der Waals surface area contributed by atoms with Crippen LogP contribution in [-0.2, 0) is 6.42 Å². The van der Waals surface area contributed by atoms with Crippen LogP contribution in [0.25, 0.3) is 0 Å². The van der Waals surface area contributed by atoms with Crippen LogP contribution in [0.3, 0.4) is 0 Å². The molecule has 3 rings (SSSR count). The van der Waals surface area contributed by atoms with Gasteiger partial charge in [-0.2, -0.15) is 4.98 Å². The van der Waals surface area contributed by atoms with Gasteiger partial charge < -0.3 is 15.4 Å². The predicted molar refractivity (Wildman–Crippen MR) is 107 cm³/mol. The second kappa shape index (κ2) is 8.34. The molecule has 0 aliphatic carbocycles. The first-order valence-electron chi connectivity index (χ1n) is 8.88. The van der Waals surface area contributed by atoms with Gasteiger partial charge in [0.05, 0.1) is 12.3 Å². The van der Waals surface area contributed by atoms with Crippen molar-refractivity contribution in [1.82, 2.24) is 9.97 Å². The molecule has 134 valence electrons. The van der Waals surface area contributed by atoms with E-state index in [1.54, 1.807) is 0 Å². The number of nitrogens with one attached hydrogen (secondary N) is 2. The summed E-state index contributed by atoms with van der Waals surface area (Å²) < 4.78 is 5.67. The van der Waals surface area contributed by atoms with Gasteiger partial charge in [0, 0.05) is 17.4 Å². The van der Waals surface area contributed by atoms with E-state index in [9.17, 15) is 0 Å². The lowest BCUT2D eigenvalue weighted by atomic mass is 10.1. The molecule has 1 aromatic heterocycles. The zero-order valence-electron chi connectivity index (χ0n) is 15.4. The third kappa shape index (κ3) is 4.51. The van der Waals surface area contributed by atoms with Gasteiger partial charge in [-0.15, -0.1) is 0 Å². The van der Waals surface area contributed by atoms with E-state index in [0.29, 0.717) is 12.6 Å². The second-order valence-electron chi connectivity index (χ2n) is 5.95. The molecule has 1 heterocycles. The van der Waals surface area contributed by atoms with Crippen LogP contribution in [0.4, 0.5) is 23.1 Å². The lowest BCUT2D eigenvalue weighted by molar-refractivity contribution is 0.342. The lowest BCUT2D eigenvalue weighted by Gasteiger charge is -2.13. The minimum Gasteiger partial charge on any atom is -0.492 e. The van der Waals surface area contributed by atoms with E-state index in [1.807, 2.05) is 56.3 Å². The van der Waals surface area contributed by atoms with Crippen molar-refractivity contribution in [2.45, 2.75) is 27.2 Å². The number of ether oxygens (including phenoxy) is 1. The summed E-state index contributed by atoms with van der Waals surface area (Å²) >= 11 is 0. The molecule has 5 nitrogen and oxygen atoms in total. The normalized spacial score (nSPS) is 10.4. The summed E-state index contributed by atoms with van der Waals surface area (Å²) in [5.41, 5.74) is 4.03. The Kier molecular flexibility index (Phi) is 5.69. The van der Waals surface area contributed by atoms with E-state index in [2.05, 4.69) is 39.7 Å². The number of anilines is 4. The molecule has 0 radical (unpaired) electrons. The van der Waals surface area contributed by atoms with Gasteiger partial charge in [0.25, 0.3) is 0 Å². The van der Waals surface area contributed by atoms with Crippen molar-refractivity contribution in [3.05, 3.63) is 65.9 Å². The number of hydrogen-bond acceptors (Lipinski definition) is 5. The summed E-state index contributed by atoms with van der Waals surface area (Å²) in [5.74, 6) is 2.08. The highest BCUT2D eigenvalue weighted by atomic mass is 16.5. The van der Waals surface area contributed by atoms with E-state index in [4.69, 9.17) is 4.74 Å². The standard InChI is InChI=1S/C21H24N4O/c1-4-16-10-12-17(13-11-16)23-21-22-15(3)14-20(25-21)24-18-8-6-7-9-19(18)26-5-2/h6-14H,4-5H2,1-3H3,(H2,22,23,24,25). The minimum atomic E-state index is 0.561. The summed E-state index contributed by atoms with van der Waals surface area (Å²) in [5, 5.41) is 6.59. The Hall–Kier alpha value is -3.08. The van der Waals surface area contributed by atoms with E-state index in [0.717, 1.165) is 35.1 Å². The lowest BCUT2D eigenvalue weighted by Crippen LogP contribution is -2.03. The number of hydrogen-bond donors (Lipinski definition) is 2. The van der Waals surface area contributed by atoms with Crippen LogP contribution in [0.1, 0.15) is 25.1 Å². The Morgan fingerprint density at radius 2 is 1.69 bits per heavy atom. The van der Waals surface area contributed by atoms with Crippen LogP contribution in [0.2, 0.25) is 0 Å². The Morgan fingerprint density at radius 1 is 0.923 bits per heavy atom. The summed E-state index contributed by atoms with van der Waals surface area (Å²) in [6.07, 6.45) is 1.02. The first kappa shape index (κ1) is 17.7. The zero-order valence-corrected chi connectivity index (χ0v) is 15.4. The predicted octanol–water partition coefficient (Wildman–Crippen LogP) is 5.23. The number of nitrogens with zero attached hydrogens (tertiary/aromatic N) is 2. The minimum absolute atomic E-state index is 0.561. The van der Waals surface area contributed by atoms with Gasteiger partial charge in [0.15, 0.2) is 0 Å². The molecule has 0 bridgehead atoms. The molecule has 0 aliphatic rings. The zero-order chi connectivity index (χ0) is 18.4. The quantitative estimate of drug-likeness (QED) is 0.612. The topological polar surface area (TPSA) is 59.1 Å². The molecule has 0 spiro atoms. The molecule has 5 heteroatoms. The average molecular weight is 348 g/mol. The van der Waals surface area contributed by atoms with Crippen LogP contribution < -0.4 is 15.4 Å². The van der Waals surface area contributed by atoms with Gasteiger partial charge >= 0.3 is 0 Å². The maximum Gasteiger partial charge on any atom is 0.229 e. The number of para-hydroxylation sites is 2. The highest BCUT2D eigenvalue weighted by molar-refractivity contribution is 5.65. The van der Waals surface area contributed by atoms with Crippen molar-refractivity contribution in [3.63, 3.8) is 0 Å². The molecule has 3 aromatic rings. The monoisotopic (exact) mass is 348 g/mol. The van der Waals surface area contributed by atoms with Crippen molar-refractivity contribution in [1.29, 1.82) is 0 Å². The van der Waals surface area contributed by atoms with Crippen LogP contribution in [0.15, 0.2) is 54.6 Å². The highest BCUT2D eigenvalue weighted by Crippen LogP contribution is 2.27. The smallest absolute Gasteiger partial charge is 0.229 e. The molecule has 0 saturated heterocycles. The number of aryl methyl sites for hydroxylation is 2. The largest absolute Gasteiger partial charge is 0.492 e. The highest BCUT2D eigenvalue weighted by Gasteiger charge is 2.07. The Bertz CT molecular complexity index is 862. The number of rotatable bonds is 7. The SMILES string of the molecule is CCOc1ccccc1Nc1cc(C)nc(Nc2ccc(CC)cc2)n1. The van der Waals surface area contributed by atoms with Crippen molar-refractivity contribution < 1.29 is 4.74 Å². The van der Waals surface area contributed by atoms with Crippen molar-refractivity contribution in [2.75, 3.05) is 17.2 Å². The average Bonchev–Trinajstić information content (AvgIpc) is 2.64. The molecule has 0 amide bonds. The van der Waals surface area contributed by atoms with E-state index in [1.165, 1.54) is 5.56 Å². The third-order valence-electron chi connectivity index (χ3n) is 3.92.